The molecule has 2 amide bonds. The Bertz CT molecular complexity index is 1680. The number of nitrogens with zero attached hydrogens (tertiary/aromatic N) is 2. The summed E-state index contributed by atoms with van der Waals surface area (Å²) in [6, 6.07) is 21.8. The van der Waals surface area contributed by atoms with Gasteiger partial charge in [0.25, 0.3) is 5.91 Å². The molecule has 0 unspecified atom stereocenters. The summed E-state index contributed by atoms with van der Waals surface area (Å²) in [6.07, 6.45) is 2.62. The monoisotopic (exact) mass is 586 g/mol. The minimum Gasteiger partial charge on any atom is -0.492 e. The van der Waals surface area contributed by atoms with E-state index in [9.17, 15) is 18.0 Å². The topological polar surface area (TPSA) is 121 Å². The number of nitrogens with one attached hydrogen (secondary N) is 2. The maximum atomic E-state index is 14.0. The van der Waals surface area contributed by atoms with Gasteiger partial charge in [0.15, 0.2) is 9.84 Å². The molecule has 0 spiro atoms. The molecule has 9 nitrogen and oxygen atoms in total. The molecule has 1 aliphatic heterocycles. The van der Waals surface area contributed by atoms with Crippen LogP contribution in [0.4, 0.5) is 5.95 Å². The summed E-state index contributed by atoms with van der Waals surface area (Å²) in [5.74, 6) is 0.0423. The summed E-state index contributed by atoms with van der Waals surface area (Å²) in [5.41, 5.74) is 2.79. The van der Waals surface area contributed by atoms with E-state index in [1.807, 2.05) is 54.6 Å². The number of ether oxygens (including phenoxy) is 1. The van der Waals surface area contributed by atoms with E-state index < -0.39 is 15.8 Å². The number of piperidine rings is 1. The summed E-state index contributed by atoms with van der Waals surface area (Å²) in [6.45, 7) is 2.72. The molecule has 42 heavy (non-hydrogen) atoms. The Balaban J connectivity index is 1.27. The van der Waals surface area contributed by atoms with Crippen LogP contribution in [0.2, 0.25) is 0 Å². The van der Waals surface area contributed by atoms with Crippen LogP contribution in [0.1, 0.15) is 48.0 Å². The first-order chi connectivity index (χ1) is 20.3. The molecule has 3 aromatic carbocycles. The number of hydrogen-bond donors (Lipinski definition) is 2. The van der Waals surface area contributed by atoms with E-state index in [1.54, 1.807) is 17.9 Å². The molecule has 1 saturated carbocycles. The lowest BCUT2D eigenvalue weighted by Gasteiger charge is -2.38. The van der Waals surface area contributed by atoms with Crippen LogP contribution >= 0.6 is 0 Å². The van der Waals surface area contributed by atoms with Gasteiger partial charge in [0.1, 0.15) is 5.75 Å². The highest BCUT2D eigenvalue weighted by Crippen LogP contribution is 2.36. The van der Waals surface area contributed by atoms with Crippen LogP contribution in [0.15, 0.2) is 77.7 Å². The second-order valence-electron chi connectivity index (χ2n) is 11.1. The van der Waals surface area contributed by atoms with Gasteiger partial charge >= 0.3 is 0 Å². The van der Waals surface area contributed by atoms with Crippen LogP contribution in [-0.2, 0) is 14.6 Å². The van der Waals surface area contributed by atoms with Crippen molar-refractivity contribution in [3.8, 4) is 5.75 Å². The van der Waals surface area contributed by atoms with Crippen molar-refractivity contribution < 1.29 is 22.7 Å². The molecule has 2 aliphatic rings. The first-order valence-electron chi connectivity index (χ1n) is 14.4. The Labute approximate surface area is 245 Å². The highest BCUT2D eigenvalue weighted by Gasteiger charge is 2.38. The van der Waals surface area contributed by atoms with E-state index in [4.69, 9.17) is 4.74 Å². The third-order valence-corrected chi connectivity index (χ3v) is 9.92. The van der Waals surface area contributed by atoms with Crippen molar-refractivity contribution in [3.05, 3.63) is 83.9 Å². The summed E-state index contributed by atoms with van der Waals surface area (Å²) >= 11 is 0. The van der Waals surface area contributed by atoms with Crippen LogP contribution in [0.3, 0.4) is 0 Å². The molecule has 2 atom stereocenters. The normalized spacial score (nSPS) is 19.0. The minimum absolute atomic E-state index is 0.0648. The molecule has 1 saturated heterocycles. The molecule has 4 aromatic rings. The molecular weight excluding hydrogens is 552 g/mol. The van der Waals surface area contributed by atoms with Crippen molar-refractivity contribution in [2.45, 2.75) is 37.0 Å². The zero-order chi connectivity index (χ0) is 29.3. The standard InChI is InChI=1S/C32H34N4O5S/c1-2-42(39,40)23-14-15-29(41-20-21-12-13-21)25(18-23)31(38)36-17-16-24(26(19-36)22-8-4-3-5-9-22)30(37)35-32-33-27-10-6-7-11-28(27)34-32/h3-11,14-15,18,21,24,26H,2,12-13,16-17,19-20H2,1H3,(H2,33,34,35,37)/t24-,26-/m0/s1. The highest BCUT2D eigenvalue weighted by molar-refractivity contribution is 7.91. The fourth-order valence-corrected chi connectivity index (χ4v) is 6.44. The maximum Gasteiger partial charge on any atom is 0.257 e. The first-order valence-corrected chi connectivity index (χ1v) is 16.1. The van der Waals surface area contributed by atoms with Gasteiger partial charge in [-0.15, -0.1) is 0 Å². The van der Waals surface area contributed by atoms with Gasteiger partial charge in [-0.1, -0.05) is 49.4 Å². The average molecular weight is 587 g/mol. The Morgan fingerprint density at radius 3 is 2.52 bits per heavy atom. The Kier molecular flexibility index (Phi) is 7.72. The van der Waals surface area contributed by atoms with E-state index in [0.717, 1.165) is 29.4 Å². The summed E-state index contributed by atoms with van der Waals surface area (Å²) in [7, 11) is -3.52. The van der Waals surface area contributed by atoms with Crippen molar-refractivity contribution in [2.24, 2.45) is 11.8 Å². The molecule has 1 aromatic heterocycles. The van der Waals surface area contributed by atoms with Crippen LogP contribution in [0.5, 0.6) is 5.75 Å². The van der Waals surface area contributed by atoms with E-state index in [1.165, 1.54) is 12.1 Å². The van der Waals surface area contributed by atoms with Gasteiger partial charge in [0.2, 0.25) is 11.9 Å². The maximum absolute atomic E-state index is 14.0. The fraction of sp³-hybridized carbons (Fsp3) is 0.344. The molecular formula is C32H34N4O5S. The zero-order valence-electron chi connectivity index (χ0n) is 23.5. The molecule has 0 radical (unpaired) electrons. The first kappa shape index (κ1) is 28.0. The van der Waals surface area contributed by atoms with Crippen molar-refractivity contribution in [3.63, 3.8) is 0 Å². The van der Waals surface area contributed by atoms with Crippen LogP contribution in [0.25, 0.3) is 11.0 Å². The number of anilines is 1. The smallest absolute Gasteiger partial charge is 0.257 e. The Morgan fingerprint density at radius 1 is 1.02 bits per heavy atom. The summed E-state index contributed by atoms with van der Waals surface area (Å²) in [4.78, 5) is 37.1. The fourth-order valence-electron chi connectivity index (χ4n) is 5.53. The van der Waals surface area contributed by atoms with E-state index >= 15 is 0 Å². The third kappa shape index (κ3) is 5.90. The van der Waals surface area contributed by atoms with Gasteiger partial charge in [-0.3, -0.25) is 14.9 Å². The quantitative estimate of drug-likeness (QED) is 0.284. The van der Waals surface area contributed by atoms with Crippen molar-refractivity contribution >= 4 is 38.6 Å². The second-order valence-corrected chi connectivity index (χ2v) is 13.3. The number of benzene rings is 3. The number of rotatable bonds is 9. The lowest BCUT2D eigenvalue weighted by atomic mass is 9.80. The predicted molar refractivity (Wildman–Crippen MR) is 160 cm³/mol. The van der Waals surface area contributed by atoms with Crippen molar-refractivity contribution in [1.29, 1.82) is 0 Å². The number of hydrogen-bond acceptors (Lipinski definition) is 6. The molecule has 1 aliphatic carbocycles. The van der Waals surface area contributed by atoms with Crippen molar-refractivity contribution in [1.82, 2.24) is 14.9 Å². The van der Waals surface area contributed by atoms with Crippen LogP contribution < -0.4 is 10.1 Å². The third-order valence-electron chi connectivity index (χ3n) is 8.19. The summed E-state index contributed by atoms with van der Waals surface area (Å²) < 4.78 is 31.4. The number of aromatic amines is 1. The molecule has 6 rings (SSSR count). The molecule has 2 N–H and O–H groups in total. The van der Waals surface area contributed by atoms with E-state index in [2.05, 4.69) is 15.3 Å². The van der Waals surface area contributed by atoms with Gasteiger partial charge in [0, 0.05) is 24.9 Å². The number of carbonyl (C=O) groups is 2. The number of carbonyl (C=O) groups excluding carboxylic acids is 2. The highest BCUT2D eigenvalue weighted by atomic mass is 32.2. The molecule has 2 heterocycles. The van der Waals surface area contributed by atoms with E-state index in [-0.39, 0.29) is 33.9 Å². The SMILES string of the molecule is CCS(=O)(=O)c1ccc(OCC2CC2)c(C(=O)N2CC[C@H](C(=O)Nc3nc4ccccc4[nH]3)[C@H](c3ccccc3)C2)c1. The van der Waals surface area contributed by atoms with Crippen LogP contribution in [0, 0.1) is 11.8 Å². The number of amides is 2. The van der Waals surface area contributed by atoms with Gasteiger partial charge in [-0.25, -0.2) is 13.4 Å². The number of para-hydroxylation sites is 2. The number of sulfone groups is 1. The minimum atomic E-state index is -3.52. The molecule has 218 valence electrons. The molecule has 0 bridgehead atoms. The van der Waals surface area contributed by atoms with E-state index in [0.29, 0.717) is 43.7 Å². The Morgan fingerprint density at radius 2 is 1.79 bits per heavy atom. The molecule has 10 heteroatoms. The van der Waals surface area contributed by atoms with Crippen LogP contribution in [-0.4, -0.2) is 60.5 Å². The van der Waals surface area contributed by atoms with Crippen molar-refractivity contribution in [2.75, 3.05) is 30.8 Å². The Hall–Kier alpha value is -4.18. The molecule has 2 fully saturated rings. The number of aromatic nitrogens is 2. The number of fused-ring (bicyclic) bond motifs is 1. The zero-order valence-corrected chi connectivity index (χ0v) is 24.3. The van der Waals surface area contributed by atoms with Gasteiger partial charge in [-0.05, 0) is 61.1 Å². The van der Waals surface area contributed by atoms with Gasteiger partial charge < -0.3 is 14.6 Å². The number of H-pyrrole nitrogens is 1. The predicted octanol–water partition coefficient (Wildman–Crippen LogP) is 5.03. The average Bonchev–Trinajstić information content (AvgIpc) is 3.76. The largest absolute Gasteiger partial charge is 0.492 e. The second kappa shape index (κ2) is 11.6. The lowest BCUT2D eigenvalue weighted by molar-refractivity contribution is -0.121. The van der Waals surface area contributed by atoms with Gasteiger partial charge in [-0.2, -0.15) is 0 Å². The lowest BCUT2D eigenvalue weighted by Crippen LogP contribution is -2.46. The van der Waals surface area contributed by atoms with Gasteiger partial charge in [0.05, 0.1) is 33.9 Å². The summed E-state index contributed by atoms with van der Waals surface area (Å²) in [5, 5.41) is 2.95. The number of imidazole rings is 1. The number of likely N-dealkylation sites (tertiary alicyclic amines) is 1.